The van der Waals surface area contributed by atoms with Gasteiger partial charge >= 0.3 is 0 Å². The molecule has 2 nitrogen and oxygen atoms in total. The van der Waals surface area contributed by atoms with E-state index in [-0.39, 0.29) is 0 Å². The molecule has 2 bridgehead atoms. The van der Waals surface area contributed by atoms with Crippen LogP contribution in [0.25, 0.3) is 0 Å². The summed E-state index contributed by atoms with van der Waals surface area (Å²) in [7, 11) is 0. The fraction of sp³-hybridized carbons (Fsp3) is 0.625. The zero-order valence-electron chi connectivity index (χ0n) is 11.3. The van der Waals surface area contributed by atoms with E-state index in [1.807, 2.05) is 0 Å². The highest BCUT2D eigenvalue weighted by atomic mass is 15.2. The fourth-order valence-corrected chi connectivity index (χ4v) is 4.02. The van der Waals surface area contributed by atoms with Gasteiger partial charge in [-0.15, -0.1) is 0 Å². The van der Waals surface area contributed by atoms with Crippen LogP contribution >= 0.6 is 0 Å². The van der Waals surface area contributed by atoms with E-state index in [2.05, 4.69) is 42.2 Å². The Balaban J connectivity index is 1.82. The van der Waals surface area contributed by atoms with Gasteiger partial charge in [0.15, 0.2) is 0 Å². The van der Waals surface area contributed by atoms with E-state index in [0.717, 1.165) is 13.0 Å². The van der Waals surface area contributed by atoms with Gasteiger partial charge in [-0.3, -0.25) is 4.90 Å². The van der Waals surface area contributed by atoms with Gasteiger partial charge in [-0.1, -0.05) is 36.8 Å². The summed E-state index contributed by atoms with van der Waals surface area (Å²) >= 11 is 0. The Morgan fingerprint density at radius 2 is 2.11 bits per heavy atom. The van der Waals surface area contributed by atoms with E-state index >= 15 is 0 Å². The highest BCUT2D eigenvalue weighted by molar-refractivity contribution is 5.16. The second kappa shape index (κ2) is 4.67. The van der Waals surface area contributed by atoms with Crippen LogP contribution in [0.5, 0.6) is 0 Å². The van der Waals surface area contributed by atoms with Crippen molar-refractivity contribution < 1.29 is 0 Å². The van der Waals surface area contributed by atoms with Crippen molar-refractivity contribution in [3.8, 4) is 0 Å². The van der Waals surface area contributed by atoms with Gasteiger partial charge in [0.1, 0.15) is 0 Å². The molecule has 0 aromatic heterocycles. The lowest BCUT2D eigenvalue weighted by molar-refractivity contribution is -0.0420. The molecule has 2 aliphatic heterocycles. The lowest BCUT2D eigenvalue weighted by atomic mass is 9.73. The summed E-state index contributed by atoms with van der Waals surface area (Å²) in [5.41, 5.74) is 8.01. The maximum atomic E-state index is 6.24. The molecule has 1 aromatic rings. The smallest absolute Gasteiger partial charge is 0.0242 e. The van der Waals surface area contributed by atoms with Crippen LogP contribution in [0, 0.1) is 0 Å². The van der Waals surface area contributed by atoms with Gasteiger partial charge in [-0.05, 0) is 38.2 Å². The zero-order chi connectivity index (χ0) is 12.6. The van der Waals surface area contributed by atoms with Crippen molar-refractivity contribution in [1.29, 1.82) is 0 Å². The quantitative estimate of drug-likeness (QED) is 0.866. The average Bonchev–Trinajstić information content (AvgIpc) is 2.33. The standard InChI is InChI=1S/C16H24N2/c1-16-9-5-8-15(10-14(17)11-16)18(16)12-13-6-3-2-4-7-13/h2-4,6-7,14-15H,5,8-12,17H2,1H3/t14-,15-,16+/m0/s1. The van der Waals surface area contributed by atoms with Crippen molar-refractivity contribution in [2.24, 2.45) is 5.73 Å². The molecular weight excluding hydrogens is 220 g/mol. The van der Waals surface area contributed by atoms with Gasteiger partial charge in [0.25, 0.3) is 0 Å². The van der Waals surface area contributed by atoms with Gasteiger partial charge in [0.2, 0.25) is 0 Å². The van der Waals surface area contributed by atoms with E-state index in [9.17, 15) is 0 Å². The van der Waals surface area contributed by atoms with Crippen LogP contribution in [0.1, 0.15) is 44.6 Å². The van der Waals surface area contributed by atoms with Crippen LogP contribution in [-0.2, 0) is 6.54 Å². The van der Waals surface area contributed by atoms with Crippen molar-refractivity contribution in [1.82, 2.24) is 4.90 Å². The Morgan fingerprint density at radius 3 is 2.83 bits per heavy atom. The minimum atomic E-state index is 0.330. The van der Waals surface area contributed by atoms with E-state index in [0.29, 0.717) is 17.6 Å². The second-order valence-corrected chi connectivity index (χ2v) is 6.36. The number of nitrogens with two attached hydrogens (primary N) is 1. The first-order valence-corrected chi connectivity index (χ1v) is 7.24. The predicted molar refractivity (Wildman–Crippen MR) is 75.2 cm³/mol. The molecule has 0 radical (unpaired) electrons. The summed E-state index contributed by atoms with van der Waals surface area (Å²) in [6.07, 6.45) is 6.36. The molecule has 2 N–H and O–H groups in total. The molecule has 3 rings (SSSR count). The summed E-state index contributed by atoms with van der Waals surface area (Å²) in [5, 5.41) is 0. The minimum Gasteiger partial charge on any atom is -0.328 e. The summed E-state index contributed by atoms with van der Waals surface area (Å²) in [5.74, 6) is 0. The largest absolute Gasteiger partial charge is 0.328 e. The molecule has 2 saturated heterocycles. The molecule has 2 fully saturated rings. The van der Waals surface area contributed by atoms with Crippen LogP contribution in [0.4, 0.5) is 0 Å². The first-order chi connectivity index (χ1) is 8.67. The number of piperidine rings is 2. The van der Waals surface area contributed by atoms with E-state index < -0.39 is 0 Å². The summed E-state index contributed by atoms with van der Waals surface area (Å²) in [6, 6.07) is 12.0. The van der Waals surface area contributed by atoms with Crippen LogP contribution in [0.3, 0.4) is 0 Å². The van der Waals surface area contributed by atoms with Crippen molar-refractivity contribution in [2.45, 2.75) is 63.2 Å². The molecule has 2 heterocycles. The normalized spacial score (nSPS) is 36.6. The monoisotopic (exact) mass is 244 g/mol. The molecule has 18 heavy (non-hydrogen) atoms. The molecule has 0 saturated carbocycles. The van der Waals surface area contributed by atoms with Crippen molar-refractivity contribution in [2.75, 3.05) is 0 Å². The van der Waals surface area contributed by atoms with Crippen LogP contribution < -0.4 is 5.73 Å². The molecule has 0 unspecified atom stereocenters. The highest BCUT2D eigenvalue weighted by Crippen LogP contribution is 2.42. The molecule has 2 heteroatoms. The molecule has 2 aliphatic rings. The minimum absolute atomic E-state index is 0.330. The number of hydrogen-bond donors (Lipinski definition) is 1. The summed E-state index contributed by atoms with van der Waals surface area (Å²) in [6.45, 7) is 3.51. The van der Waals surface area contributed by atoms with Crippen molar-refractivity contribution in [3.63, 3.8) is 0 Å². The third kappa shape index (κ3) is 2.19. The third-order valence-electron chi connectivity index (χ3n) is 4.86. The molecule has 3 atom stereocenters. The predicted octanol–water partition coefficient (Wildman–Crippen LogP) is 2.92. The Kier molecular flexibility index (Phi) is 3.16. The van der Waals surface area contributed by atoms with Crippen molar-refractivity contribution in [3.05, 3.63) is 35.9 Å². The second-order valence-electron chi connectivity index (χ2n) is 6.36. The van der Waals surface area contributed by atoms with Crippen LogP contribution in [0.2, 0.25) is 0 Å². The number of nitrogens with zero attached hydrogens (tertiary/aromatic N) is 1. The number of hydrogen-bond acceptors (Lipinski definition) is 2. The van der Waals surface area contributed by atoms with E-state index in [1.54, 1.807) is 0 Å². The summed E-state index contributed by atoms with van der Waals surface area (Å²) in [4.78, 5) is 2.73. The van der Waals surface area contributed by atoms with Gasteiger partial charge in [0.05, 0.1) is 0 Å². The third-order valence-corrected chi connectivity index (χ3v) is 4.86. The fourth-order valence-electron chi connectivity index (χ4n) is 4.02. The van der Waals surface area contributed by atoms with Crippen molar-refractivity contribution >= 4 is 0 Å². The maximum Gasteiger partial charge on any atom is 0.0242 e. The molecule has 98 valence electrons. The number of fused-ring (bicyclic) bond motifs is 2. The Hall–Kier alpha value is -0.860. The number of benzene rings is 1. The Labute approximate surface area is 110 Å². The molecule has 0 spiro atoms. The lowest BCUT2D eigenvalue weighted by Gasteiger charge is -2.55. The SMILES string of the molecule is C[C@@]12CCC[C@@H](C[C@H](N)C1)N2Cc1ccccc1. The van der Waals surface area contributed by atoms with Gasteiger partial charge in [-0.25, -0.2) is 0 Å². The molecular formula is C16H24N2. The first-order valence-electron chi connectivity index (χ1n) is 7.24. The average molecular weight is 244 g/mol. The topological polar surface area (TPSA) is 29.3 Å². The first kappa shape index (κ1) is 12.2. The summed E-state index contributed by atoms with van der Waals surface area (Å²) < 4.78 is 0. The van der Waals surface area contributed by atoms with Gasteiger partial charge < -0.3 is 5.73 Å². The zero-order valence-corrected chi connectivity index (χ0v) is 11.3. The number of rotatable bonds is 2. The highest BCUT2D eigenvalue weighted by Gasteiger charge is 2.44. The molecule has 0 aliphatic carbocycles. The molecule has 0 amide bonds. The lowest BCUT2D eigenvalue weighted by Crippen LogP contribution is -2.61. The van der Waals surface area contributed by atoms with Crippen LogP contribution in [-0.4, -0.2) is 22.5 Å². The Morgan fingerprint density at radius 1 is 1.33 bits per heavy atom. The maximum absolute atomic E-state index is 6.24. The van der Waals surface area contributed by atoms with E-state index in [4.69, 9.17) is 5.73 Å². The van der Waals surface area contributed by atoms with E-state index in [1.165, 1.54) is 31.2 Å². The van der Waals surface area contributed by atoms with Crippen LogP contribution in [0.15, 0.2) is 30.3 Å². The molecule has 1 aromatic carbocycles. The van der Waals surface area contributed by atoms with Gasteiger partial charge in [-0.2, -0.15) is 0 Å². The van der Waals surface area contributed by atoms with Gasteiger partial charge in [0, 0.05) is 24.2 Å². The Bertz CT molecular complexity index is 403.